The van der Waals surface area contributed by atoms with Crippen molar-refractivity contribution >= 4 is 17.7 Å². The van der Waals surface area contributed by atoms with Crippen LogP contribution in [0.15, 0.2) is 41.5 Å². The van der Waals surface area contributed by atoms with Crippen LogP contribution in [0.5, 0.6) is 0 Å². The van der Waals surface area contributed by atoms with E-state index in [4.69, 9.17) is 10.6 Å². The van der Waals surface area contributed by atoms with Crippen LogP contribution in [-0.4, -0.2) is 22.1 Å². The third-order valence-corrected chi connectivity index (χ3v) is 4.57. The molecule has 6 nitrogen and oxygen atoms in total. The van der Waals surface area contributed by atoms with E-state index in [1.165, 1.54) is 0 Å². The lowest BCUT2D eigenvalue weighted by molar-refractivity contribution is 0.0737. The summed E-state index contributed by atoms with van der Waals surface area (Å²) in [5, 5.41) is 11.3. The van der Waals surface area contributed by atoms with Gasteiger partial charge in [0.05, 0.1) is 18.6 Å². The maximum atomic E-state index is 9.22. The van der Waals surface area contributed by atoms with E-state index in [-0.39, 0.29) is 6.61 Å². The number of nitrogens with zero attached hydrogens (tertiary/aromatic N) is 2. The number of fused-ring (bicyclic) bond motifs is 1. The summed E-state index contributed by atoms with van der Waals surface area (Å²) in [5.41, 5.74) is 11.1. The van der Waals surface area contributed by atoms with Crippen LogP contribution >= 0.6 is 0 Å². The third-order valence-electron chi connectivity index (χ3n) is 4.57. The molecular weight excluding hydrogens is 340 g/mol. The normalized spacial score (nSPS) is 19.2. The number of aliphatic hydroxyl groups is 1. The second-order valence-corrected chi connectivity index (χ2v) is 6.72. The molecule has 1 aromatic heterocycles. The summed E-state index contributed by atoms with van der Waals surface area (Å²) < 4.78 is 2.15. The molecular formula is C21H28N4O2. The van der Waals surface area contributed by atoms with Crippen LogP contribution in [0.3, 0.4) is 0 Å². The maximum Gasteiger partial charge on any atom is 0.176 e. The second kappa shape index (κ2) is 9.39. The number of amidine groups is 1. The Balaban J connectivity index is 1.97. The highest BCUT2D eigenvalue weighted by molar-refractivity contribution is 5.84. The van der Waals surface area contributed by atoms with Gasteiger partial charge in [0.25, 0.3) is 0 Å². The molecule has 27 heavy (non-hydrogen) atoms. The predicted octanol–water partition coefficient (Wildman–Crippen LogP) is 1.35. The molecule has 0 unspecified atom stereocenters. The molecule has 0 amide bonds. The molecule has 2 aromatic rings. The largest absolute Gasteiger partial charge is 0.392 e. The standard InChI is InChI=1S/C21H28N4O2/c1-2-3-13-27-24-21-20-18(5-4-6-19(22)23-21)11-12-25(20)14-16-7-9-17(15-26)10-8-16/h5,7-12,24,26H,2-4,6,13-15H2,1H3,(H2,22,23)/b18-5-,21-20-. The van der Waals surface area contributed by atoms with Gasteiger partial charge in [-0.15, -0.1) is 0 Å². The smallest absolute Gasteiger partial charge is 0.176 e. The summed E-state index contributed by atoms with van der Waals surface area (Å²) in [5.74, 6) is 1.24. The number of hydroxylamine groups is 1. The van der Waals surface area contributed by atoms with Gasteiger partial charge >= 0.3 is 0 Å². The molecule has 6 heteroatoms. The highest BCUT2D eigenvalue weighted by atomic mass is 16.6. The van der Waals surface area contributed by atoms with Crippen molar-refractivity contribution in [2.45, 2.75) is 45.8 Å². The van der Waals surface area contributed by atoms with Crippen molar-refractivity contribution in [3.63, 3.8) is 0 Å². The molecule has 0 spiro atoms. The zero-order chi connectivity index (χ0) is 19.1. The van der Waals surface area contributed by atoms with Gasteiger partial charge in [0.2, 0.25) is 0 Å². The molecule has 0 saturated carbocycles. The summed E-state index contributed by atoms with van der Waals surface area (Å²) in [6.07, 6.45) is 7.90. The lowest BCUT2D eigenvalue weighted by Crippen LogP contribution is -2.37. The number of aliphatic hydroxyl groups excluding tert-OH is 1. The average molecular weight is 368 g/mol. The number of nitrogens with two attached hydrogens (primary N) is 1. The van der Waals surface area contributed by atoms with Crippen molar-refractivity contribution < 1.29 is 9.94 Å². The molecule has 0 saturated heterocycles. The van der Waals surface area contributed by atoms with E-state index >= 15 is 0 Å². The first-order chi connectivity index (χ1) is 13.2. The molecule has 2 heterocycles. The highest BCUT2D eigenvalue weighted by Gasteiger charge is 2.09. The van der Waals surface area contributed by atoms with Crippen LogP contribution < -0.4 is 21.8 Å². The van der Waals surface area contributed by atoms with Crippen LogP contribution in [0.25, 0.3) is 11.9 Å². The lowest BCUT2D eigenvalue weighted by atomic mass is 10.1. The van der Waals surface area contributed by atoms with Gasteiger partial charge in [0, 0.05) is 19.2 Å². The Hall–Kier alpha value is -2.57. The predicted molar refractivity (Wildman–Crippen MR) is 108 cm³/mol. The summed E-state index contributed by atoms with van der Waals surface area (Å²) in [7, 11) is 0. The van der Waals surface area contributed by atoms with E-state index in [0.717, 1.165) is 47.4 Å². The molecule has 144 valence electrons. The lowest BCUT2D eigenvalue weighted by Gasteiger charge is -2.12. The fourth-order valence-corrected chi connectivity index (χ4v) is 3.04. The second-order valence-electron chi connectivity index (χ2n) is 6.72. The number of rotatable bonds is 8. The van der Waals surface area contributed by atoms with Crippen LogP contribution in [-0.2, 0) is 18.0 Å². The van der Waals surface area contributed by atoms with Crippen LogP contribution in [0.2, 0.25) is 0 Å². The maximum absolute atomic E-state index is 9.22. The van der Waals surface area contributed by atoms with E-state index in [2.05, 4.69) is 40.3 Å². The summed E-state index contributed by atoms with van der Waals surface area (Å²) in [6.45, 7) is 3.50. The van der Waals surface area contributed by atoms with Crippen LogP contribution in [0.4, 0.5) is 0 Å². The number of aliphatic imine (C=N–C) groups is 1. The Labute approximate surface area is 159 Å². The van der Waals surface area contributed by atoms with E-state index in [0.29, 0.717) is 24.8 Å². The minimum absolute atomic E-state index is 0.0547. The number of benzene rings is 1. The molecule has 0 radical (unpaired) electrons. The van der Waals surface area contributed by atoms with Gasteiger partial charge in [-0.2, -0.15) is 0 Å². The molecule has 1 aromatic carbocycles. The average Bonchev–Trinajstić information content (AvgIpc) is 3.05. The Bertz CT molecular complexity index is 897. The number of hydrogen-bond donors (Lipinski definition) is 3. The van der Waals surface area contributed by atoms with Crippen LogP contribution in [0.1, 0.15) is 43.7 Å². The van der Waals surface area contributed by atoms with Gasteiger partial charge in [-0.1, -0.05) is 43.7 Å². The van der Waals surface area contributed by atoms with Gasteiger partial charge < -0.3 is 15.4 Å². The number of nitrogens with one attached hydrogen (secondary N) is 1. The first kappa shape index (κ1) is 19.2. The molecule has 0 aliphatic carbocycles. The Kier molecular flexibility index (Phi) is 6.68. The molecule has 4 N–H and O–H groups in total. The topological polar surface area (TPSA) is 84.8 Å². The summed E-state index contributed by atoms with van der Waals surface area (Å²) >= 11 is 0. The van der Waals surface area contributed by atoms with E-state index in [9.17, 15) is 5.11 Å². The number of hydrogen-bond acceptors (Lipinski definition) is 5. The van der Waals surface area contributed by atoms with Crippen molar-refractivity contribution in [3.05, 3.63) is 58.2 Å². The first-order valence-corrected chi connectivity index (χ1v) is 9.50. The molecule has 0 fully saturated rings. The third kappa shape index (κ3) is 4.99. The van der Waals surface area contributed by atoms with Gasteiger partial charge in [-0.05, 0) is 35.3 Å². The molecule has 0 bridgehead atoms. The van der Waals surface area contributed by atoms with Gasteiger partial charge in [-0.25, -0.2) is 10.5 Å². The Morgan fingerprint density at radius 3 is 2.74 bits per heavy atom. The minimum Gasteiger partial charge on any atom is -0.392 e. The Morgan fingerprint density at radius 1 is 1.22 bits per heavy atom. The van der Waals surface area contributed by atoms with Crippen molar-refractivity contribution in [2.75, 3.05) is 6.61 Å². The van der Waals surface area contributed by atoms with Gasteiger partial charge in [0.1, 0.15) is 5.84 Å². The summed E-state index contributed by atoms with van der Waals surface area (Å²) in [4.78, 5) is 10.2. The minimum atomic E-state index is 0.0547. The van der Waals surface area contributed by atoms with Gasteiger partial charge in [-0.3, -0.25) is 4.84 Å². The zero-order valence-corrected chi connectivity index (χ0v) is 15.8. The highest BCUT2D eigenvalue weighted by Crippen LogP contribution is 2.06. The fourth-order valence-electron chi connectivity index (χ4n) is 3.04. The Morgan fingerprint density at radius 2 is 2.00 bits per heavy atom. The van der Waals surface area contributed by atoms with Gasteiger partial charge in [0.15, 0.2) is 5.82 Å². The summed E-state index contributed by atoms with van der Waals surface area (Å²) in [6, 6.07) is 10.1. The first-order valence-electron chi connectivity index (χ1n) is 9.50. The number of aromatic nitrogens is 1. The monoisotopic (exact) mass is 368 g/mol. The molecule has 3 rings (SSSR count). The fraction of sp³-hybridized carbons (Fsp3) is 0.381. The molecule has 1 aliphatic rings. The van der Waals surface area contributed by atoms with Crippen molar-refractivity contribution in [1.82, 2.24) is 10.0 Å². The van der Waals surface area contributed by atoms with Crippen molar-refractivity contribution in [1.29, 1.82) is 0 Å². The van der Waals surface area contributed by atoms with E-state index in [1.54, 1.807) is 0 Å². The van der Waals surface area contributed by atoms with E-state index < -0.39 is 0 Å². The van der Waals surface area contributed by atoms with Crippen LogP contribution in [0, 0.1) is 0 Å². The molecule has 0 atom stereocenters. The SMILES string of the molecule is CCCCONC1=c2/c(ccn2Cc2ccc(CO)cc2)=C\CC/C(N)=N\1. The zero-order valence-electron chi connectivity index (χ0n) is 15.8. The molecule has 1 aliphatic heterocycles. The quantitative estimate of drug-likeness (QED) is 0.485. The van der Waals surface area contributed by atoms with E-state index in [1.807, 2.05) is 24.3 Å². The van der Waals surface area contributed by atoms with Crippen molar-refractivity contribution in [2.24, 2.45) is 10.7 Å². The number of unbranched alkanes of at least 4 members (excludes halogenated alkanes) is 1. The van der Waals surface area contributed by atoms with Crippen molar-refractivity contribution in [3.8, 4) is 0 Å².